The molecule has 3 rings (SSSR count). The summed E-state index contributed by atoms with van der Waals surface area (Å²) < 4.78 is 10.0. The molecular weight excluding hydrogens is 268 g/mol. The van der Waals surface area contributed by atoms with E-state index in [-0.39, 0.29) is 10.9 Å². The van der Waals surface area contributed by atoms with E-state index in [1.165, 1.54) is 7.11 Å². The average molecular weight is 280 g/mol. The van der Waals surface area contributed by atoms with Crippen molar-refractivity contribution in [3.05, 3.63) is 70.6 Å². The summed E-state index contributed by atoms with van der Waals surface area (Å²) in [6.45, 7) is 0. The Morgan fingerprint density at radius 1 is 1.05 bits per heavy atom. The van der Waals surface area contributed by atoms with Crippen LogP contribution in [0.2, 0.25) is 0 Å². The van der Waals surface area contributed by atoms with Crippen LogP contribution in [-0.2, 0) is 4.74 Å². The van der Waals surface area contributed by atoms with Crippen LogP contribution in [0.4, 0.5) is 0 Å². The highest BCUT2D eigenvalue weighted by atomic mass is 16.5. The number of fused-ring (bicyclic) bond motifs is 1. The molecule has 4 heteroatoms. The van der Waals surface area contributed by atoms with Crippen molar-refractivity contribution in [2.45, 2.75) is 0 Å². The van der Waals surface area contributed by atoms with E-state index in [0.717, 1.165) is 5.56 Å². The summed E-state index contributed by atoms with van der Waals surface area (Å²) in [5.74, 6) is -0.0875. The number of hydrogen-bond donors (Lipinski definition) is 0. The first kappa shape index (κ1) is 13.1. The van der Waals surface area contributed by atoms with Crippen molar-refractivity contribution in [1.29, 1.82) is 0 Å². The van der Waals surface area contributed by atoms with Crippen molar-refractivity contribution in [2.75, 3.05) is 7.11 Å². The quantitative estimate of drug-likeness (QED) is 0.676. The SMILES string of the molecule is COC(=O)c1cccc2cc(-c3ccccc3)oc(=O)c12. The third-order valence-electron chi connectivity index (χ3n) is 3.25. The molecular formula is C17H12O4. The van der Waals surface area contributed by atoms with Gasteiger partial charge in [0.2, 0.25) is 0 Å². The van der Waals surface area contributed by atoms with Gasteiger partial charge in [0, 0.05) is 5.56 Å². The van der Waals surface area contributed by atoms with Gasteiger partial charge in [0.15, 0.2) is 0 Å². The standard InChI is InChI=1S/C17H12O4/c1-20-16(18)13-9-5-8-12-10-14(21-17(19)15(12)13)11-6-3-2-4-7-11/h2-10H,1H3. The normalized spacial score (nSPS) is 10.5. The maximum Gasteiger partial charge on any atom is 0.345 e. The van der Waals surface area contributed by atoms with Gasteiger partial charge < -0.3 is 9.15 Å². The Hall–Kier alpha value is -2.88. The minimum Gasteiger partial charge on any atom is -0.465 e. The molecule has 4 nitrogen and oxygen atoms in total. The van der Waals surface area contributed by atoms with Crippen LogP contribution >= 0.6 is 0 Å². The predicted molar refractivity (Wildman–Crippen MR) is 79.3 cm³/mol. The number of methoxy groups -OCH3 is 1. The summed E-state index contributed by atoms with van der Waals surface area (Å²) in [4.78, 5) is 24.0. The van der Waals surface area contributed by atoms with Crippen molar-refractivity contribution >= 4 is 16.7 Å². The summed E-state index contributed by atoms with van der Waals surface area (Å²) in [7, 11) is 1.28. The monoisotopic (exact) mass is 280 g/mol. The van der Waals surface area contributed by atoms with Crippen molar-refractivity contribution in [2.24, 2.45) is 0 Å². The first-order valence-corrected chi connectivity index (χ1v) is 6.41. The van der Waals surface area contributed by atoms with E-state index >= 15 is 0 Å². The number of carbonyl (C=O) groups excluding carboxylic acids is 1. The van der Waals surface area contributed by atoms with Gasteiger partial charge in [-0.3, -0.25) is 0 Å². The van der Waals surface area contributed by atoms with E-state index in [1.807, 2.05) is 30.3 Å². The maximum atomic E-state index is 12.2. The fourth-order valence-corrected chi connectivity index (χ4v) is 2.26. The Labute approximate surface area is 120 Å². The lowest BCUT2D eigenvalue weighted by molar-refractivity contribution is 0.0602. The molecule has 0 spiro atoms. The zero-order chi connectivity index (χ0) is 14.8. The summed E-state index contributed by atoms with van der Waals surface area (Å²) in [6.07, 6.45) is 0. The molecule has 0 bridgehead atoms. The highest BCUT2D eigenvalue weighted by molar-refractivity contribution is 6.04. The number of hydrogen-bond acceptors (Lipinski definition) is 4. The molecule has 0 saturated heterocycles. The highest BCUT2D eigenvalue weighted by Crippen LogP contribution is 2.23. The van der Waals surface area contributed by atoms with Crippen molar-refractivity contribution in [3.8, 4) is 11.3 Å². The van der Waals surface area contributed by atoms with Crippen LogP contribution in [0.1, 0.15) is 10.4 Å². The van der Waals surface area contributed by atoms with Crippen molar-refractivity contribution in [3.63, 3.8) is 0 Å². The van der Waals surface area contributed by atoms with E-state index in [1.54, 1.807) is 24.3 Å². The second kappa shape index (κ2) is 5.25. The van der Waals surface area contributed by atoms with Crippen LogP contribution in [0.5, 0.6) is 0 Å². The molecule has 21 heavy (non-hydrogen) atoms. The van der Waals surface area contributed by atoms with E-state index in [0.29, 0.717) is 11.1 Å². The molecule has 0 amide bonds. The lowest BCUT2D eigenvalue weighted by Gasteiger charge is -2.05. The Balaban J connectivity index is 2.28. The van der Waals surface area contributed by atoms with E-state index in [4.69, 9.17) is 9.15 Å². The van der Waals surface area contributed by atoms with Crippen LogP contribution in [-0.4, -0.2) is 13.1 Å². The Bertz CT molecular complexity index is 863. The molecule has 0 N–H and O–H groups in total. The van der Waals surface area contributed by atoms with Gasteiger partial charge >= 0.3 is 11.6 Å². The van der Waals surface area contributed by atoms with Crippen LogP contribution in [0.15, 0.2) is 63.8 Å². The predicted octanol–water partition coefficient (Wildman–Crippen LogP) is 3.25. The Morgan fingerprint density at radius 2 is 1.81 bits per heavy atom. The molecule has 0 aliphatic rings. The van der Waals surface area contributed by atoms with Gasteiger partial charge in [-0.2, -0.15) is 0 Å². The lowest BCUT2D eigenvalue weighted by Crippen LogP contribution is -2.09. The molecule has 2 aromatic carbocycles. The summed E-state index contributed by atoms with van der Waals surface area (Å²) in [5, 5.41) is 0.886. The minimum atomic E-state index is -0.555. The summed E-state index contributed by atoms with van der Waals surface area (Å²) >= 11 is 0. The van der Waals surface area contributed by atoms with Crippen LogP contribution in [0.3, 0.4) is 0 Å². The smallest absolute Gasteiger partial charge is 0.345 e. The van der Waals surface area contributed by atoms with Gasteiger partial charge in [-0.1, -0.05) is 42.5 Å². The Morgan fingerprint density at radius 3 is 2.52 bits per heavy atom. The molecule has 104 valence electrons. The van der Waals surface area contributed by atoms with Crippen LogP contribution < -0.4 is 5.63 Å². The molecule has 0 radical (unpaired) electrons. The second-order valence-corrected chi connectivity index (χ2v) is 4.53. The topological polar surface area (TPSA) is 56.5 Å². The fraction of sp³-hybridized carbons (Fsp3) is 0.0588. The molecule has 0 unspecified atom stereocenters. The fourth-order valence-electron chi connectivity index (χ4n) is 2.26. The number of carbonyl (C=O) groups is 1. The third kappa shape index (κ3) is 2.31. The first-order valence-electron chi connectivity index (χ1n) is 6.41. The minimum absolute atomic E-state index is 0.211. The molecule has 0 atom stereocenters. The number of rotatable bonds is 2. The molecule has 1 aromatic heterocycles. The van der Waals surface area contributed by atoms with Gasteiger partial charge in [0.05, 0.1) is 18.1 Å². The molecule has 3 aromatic rings. The molecule has 0 aliphatic heterocycles. The largest absolute Gasteiger partial charge is 0.465 e. The highest BCUT2D eigenvalue weighted by Gasteiger charge is 2.15. The molecule has 1 heterocycles. The summed E-state index contributed by atoms with van der Waals surface area (Å²) in [5.41, 5.74) is 0.468. The van der Waals surface area contributed by atoms with Gasteiger partial charge in [-0.25, -0.2) is 9.59 Å². The number of benzene rings is 2. The van der Waals surface area contributed by atoms with Crippen molar-refractivity contribution in [1.82, 2.24) is 0 Å². The maximum absolute atomic E-state index is 12.2. The first-order chi connectivity index (χ1) is 10.2. The Kier molecular flexibility index (Phi) is 3.28. The van der Waals surface area contributed by atoms with Crippen LogP contribution in [0, 0.1) is 0 Å². The third-order valence-corrected chi connectivity index (χ3v) is 3.25. The van der Waals surface area contributed by atoms with Gasteiger partial charge in [-0.05, 0) is 17.5 Å². The van der Waals surface area contributed by atoms with Gasteiger partial charge in [0.1, 0.15) is 5.76 Å². The van der Waals surface area contributed by atoms with Crippen molar-refractivity contribution < 1.29 is 13.9 Å². The van der Waals surface area contributed by atoms with E-state index in [2.05, 4.69) is 0 Å². The zero-order valence-corrected chi connectivity index (χ0v) is 11.3. The molecule has 0 fully saturated rings. The zero-order valence-electron chi connectivity index (χ0n) is 11.3. The average Bonchev–Trinajstić information content (AvgIpc) is 2.54. The molecule has 0 saturated carbocycles. The number of esters is 1. The van der Waals surface area contributed by atoms with Gasteiger partial charge in [-0.15, -0.1) is 0 Å². The van der Waals surface area contributed by atoms with E-state index < -0.39 is 11.6 Å². The van der Waals surface area contributed by atoms with E-state index in [9.17, 15) is 9.59 Å². The lowest BCUT2D eigenvalue weighted by atomic mass is 10.0. The number of ether oxygens (including phenoxy) is 1. The van der Waals surface area contributed by atoms with Crippen LogP contribution in [0.25, 0.3) is 22.1 Å². The van der Waals surface area contributed by atoms with Gasteiger partial charge in [0.25, 0.3) is 0 Å². The molecule has 0 aliphatic carbocycles. The summed E-state index contributed by atoms with van der Waals surface area (Å²) in [6, 6.07) is 16.1. The second-order valence-electron chi connectivity index (χ2n) is 4.53.